The number of amides is 2. The van der Waals surface area contributed by atoms with Crippen LogP contribution in [0, 0.1) is 5.92 Å². The first-order valence-electron chi connectivity index (χ1n) is 6.24. The number of benzene rings is 1. The normalized spacial score (nSPS) is 11.5. The topological polar surface area (TPSA) is 95.5 Å². The van der Waals surface area contributed by atoms with Crippen LogP contribution in [0.15, 0.2) is 24.3 Å². The van der Waals surface area contributed by atoms with Crippen LogP contribution in [0.1, 0.15) is 19.4 Å². The first-order valence-corrected chi connectivity index (χ1v) is 6.24. The molecule has 2 amide bonds. The van der Waals surface area contributed by atoms with Crippen LogP contribution in [0.25, 0.3) is 0 Å². The molecule has 0 aliphatic carbocycles. The van der Waals surface area contributed by atoms with Gasteiger partial charge < -0.3 is 15.7 Å². The maximum atomic E-state index is 11.6. The highest BCUT2D eigenvalue weighted by atomic mass is 16.4. The molecule has 0 saturated carbocycles. The van der Waals surface area contributed by atoms with Gasteiger partial charge in [-0.05, 0) is 17.7 Å². The fourth-order valence-electron chi connectivity index (χ4n) is 1.51. The Morgan fingerprint density at radius 3 is 2.30 bits per heavy atom. The Labute approximate surface area is 117 Å². The predicted molar refractivity (Wildman–Crippen MR) is 74.3 cm³/mol. The van der Waals surface area contributed by atoms with E-state index in [1.54, 1.807) is 24.3 Å². The van der Waals surface area contributed by atoms with Gasteiger partial charge >= 0.3 is 5.97 Å². The van der Waals surface area contributed by atoms with Crippen molar-refractivity contribution in [2.24, 2.45) is 5.92 Å². The number of carbonyl (C=O) groups excluding carboxylic acids is 2. The van der Waals surface area contributed by atoms with Gasteiger partial charge in [-0.3, -0.25) is 14.4 Å². The van der Waals surface area contributed by atoms with Crippen LogP contribution in [0.4, 0.5) is 5.69 Å². The SMILES string of the molecule is CC(=O)Nc1ccc(CC(=O)NCC(C)C(=O)O)cc1. The number of carboxylic acid groups (broad SMARTS) is 1. The average molecular weight is 278 g/mol. The first-order chi connectivity index (χ1) is 9.38. The Hall–Kier alpha value is -2.37. The smallest absolute Gasteiger partial charge is 0.308 e. The lowest BCUT2D eigenvalue weighted by Crippen LogP contribution is -2.32. The molecule has 0 aromatic heterocycles. The van der Waals surface area contributed by atoms with Crippen LogP contribution in [0.5, 0.6) is 0 Å². The third kappa shape index (κ3) is 5.51. The average Bonchev–Trinajstić information content (AvgIpc) is 2.37. The van der Waals surface area contributed by atoms with Crippen molar-refractivity contribution in [1.82, 2.24) is 5.32 Å². The highest BCUT2D eigenvalue weighted by Crippen LogP contribution is 2.10. The van der Waals surface area contributed by atoms with Crippen molar-refractivity contribution in [3.05, 3.63) is 29.8 Å². The van der Waals surface area contributed by atoms with E-state index >= 15 is 0 Å². The summed E-state index contributed by atoms with van der Waals surface area (Å²) in [5.41, 5.74) is 1.46. The zero-order valence-electron chi connectivity index (χ0n) is 11.5. The van der Waals surface area contributed by atoms with Gasteiger partial charge in [-0.15, -0.1) is 0 Å². The van der Waals surface area contributed by atoms with E-state index in [1.165, 1.54) is 13.8 Å². The Balaban J connectivity index is 2.46. The minimum atomic E-state index is -0.940. The van der Waals surface area contributed by atoms with Crippen molar-refractivity contribution < 1.29 is 19.5 Å². The van der Waals surface area contributed by atoms with Crippen LogP contribution in [-0.2, 0) is 20.8 Å². The van der Waals surface area contributed by atoms with Gasteiger partial charge in [0.1, 0.15) is 0 Å². The predicted octanol–water partition coefficient (Wildman–Crippen LogP) is 1.02. The van der Waals surface area contributed by atoms with E-state index in [9.17, 15) is 14.4 Å². The Morgan fingerprint density at radius 2 is 1.80 bits per heavy atom. The first kappa shape index (κ1) is 15.7. The van der Waals surface area contributed by atoms with Gasteiger partial charge in [0.15, 0.2) is 0 Å². The van der Waals surface area contributed by atoms with Crippen molar-refractivity contribution in [3.63, 3.8) is 0 Å². The van der Waals surface area contributed by atoms with Crippen LogP contribution in [0.2, 0.25) is 0 Å². The van der Waals surface area contributed by atoms with Gasteiger partial charge in [0.2, 0.25) is 11.8 Å². The van der Waals surface area contributed by atoms with E-state index in [0.717, 1.165) is 5.56 Å². The molecule has 0 spiro atoms. The summed E-state index contributed by atoms with van der Waals surface area (Å²) in [5.74, 6) is -1.94. The number of carboxylic acids is 1. The highest BCUT2D eigenvalue weighted by Gasteiger charge is 2.12. The number of rotatable bonds is 6. The van der Waals surface area contributed by atoms with Gasteiger partial charge in [0.25, 0.3) is 0 Å². The number of hydrogen-bond acceptors (Lipinski definition) is 3. The van der Waals surface area contributed by atoms with E-state index in [2.05, 4.69) is 10.6 Å². The largest absolute Gasteiger partial charge is 0.481 e. The monoisotopic (exact) mass is 278 g/mol. The molecule has 0 aliphatic rings. The van der Waals surface area contributed by atoms with Crippen molar-refractivity contribution in [2.75, 3.05) is 11.9 Å². The molecule has 6 nitrogen and oxygen atoms in total. The molecular weight excluding hydrogens is 260 g/mol. The third-order valence-corrected chi connectivity index (χ3v) is 2.67. The van der Waals surface area contributed by atoms with E-state index in [-0.39, 0.29) is 24.8 Å². The van der Waals surface area contributed by atoms with Gasteiger partial charge in [-0.1, -0.05) is 19.1 Å². The van der Waals surface area contributed by atoms with Gasteiger partial charge in [0, 0.05) is 19.2 Å². The summed E-state index contributed by atoms with van der Waals surface area (Å²) < 4.78 is 0. The zero-order chi connectivity index (χ0) is 15.1. The van der Waals surface area contributed by atoms with Crippen LogP contribution in [0.3, 0.4) is 0 Å². The lowest BCUT2D eigenvalue weighted by Gasteiger charge is -2.09. The van der Waals surface area contributed by atoms with Crippen molar-refractivity contribution in [1.29, 1.82) is 0 Å². The molecule has 1 atom stereocenters. The minimum Gasteiger partial charge on any atom is -0.481 e. The molecular formula is C14H18N2O4. The molecule has 20 heavy (non-hydrogen) atoms. The molecule has 0 heterocycles. The second-order valence-electron chi connectivity index (χ2n) is 4.60. The fraction of sp³-hybridized carbons (Fsp3) is 0.357. The van der Waals surface area contributed by atoms with E-state index in [4.69, 9.17) is 5.11 Å². The quantitative estimate of drug-likeness (QED) is 0.724. The number of carbonyl (C=O) groups is 3. The molecule has 0 bridgehead atoms. The number of hydrogen-bond donors (Lipinski definition) is 3. The molecule has 0 fully saturated rings. The van der Waals surface area contributed by atoms with Crippen LogP contribution >= 0.6 is 0 Å². The lowest BCUT2D eigenvalue weighted by atomic mass is 10.1. The van der Waals surface area contributed by atoms with Crippen molar-refractivity contribution in [3.8, 4) is 0 Å². The third-order valence-electron chi connectivity index (χ3n) is 2.67. The summed E-state index contributed by atoms with van der Waals surface area (Å²) in [6.07, 6.45) is 0.173. The van der Waals surface area contributed by atoms with Crippen molar-refractivity contribution in [2.45, 2.75) is 20.3 Å². The summed E-state index contributed by atoms with van der Waals surface area (Å²) in [5, 5.41) is 13.9. The second kappa shape index (κ2) is 7.28. The minimum absolute atomic E-state index is 0.109. The van der Waals surface area contributed by atoms with Crippen LogP contribution < -0.4 is 10.6 Å². The van der Waals surface area contributed by atoms with Crippen molar-refractivity contribution >= 4 is 23.5 Å². The number of nitrogens with one attached hydrogen (secondary N) is 2. The molecule has 0 aliphatic heterocycles. The Bertz CT molecular complexity index is 496. The lowest BCUT2D eigenvalue weighted by molar-refractivity contribution is -0.141. The molecule has 108 valence electrons. The summed E-state index contributed by atoms with van der Waals surface area (Å²) in [4.78, 5) is 33.1. The number of anilines is 1. The molecule has 1 aromatic rings. The summed E-state index contributed by atoms with van der Waals surface area (Å²) in [6, 6.07) is 6.91. The zero-order valence-corrected chi connectivity index (χ0v) is 11.5. The Morgan fingerprint density at radius 1 is 1.20 bits per heavy atom. The maximum absolute atomic E-state index is 11.6. The van der Waals surface area contributed by atoms with Gasteiger partial charge in [-0.2, -0.15) is 0 Å². The summed E-state index contributed by atoms with van der Waals surface area (Å²) in [6.45, 7) is 3.06. The van der Waals surface area contributed by atoms with Gasteiger partial charge in [-0.25, -0.2) is 0 Å². The highest BCUT2D eigenvalue weighted by molar-refractivity contribution is 5.88. The molecule has 3 N–H and O–H groups in total. The summed E-state index contributed by atoms with van der Waals surface area (Å²) in [7, 11) is 0. The number of aliphatic carboxylic acids is 1. The second-order valence-corrected chi connectivity index (χ2v) is 4.60. The van der Waals surface area contributed by atoms with E-state index in [1.807, 2.05) is 0 Å². The fourth-order valence-corrected chi connectivity index (χ4v) is 1.51. The van der Waals surface area contributed by atoms with Crippen LogP contribution in [-0.4, -0.2) is 29.4 Å². The molecule has 1 rings (SSSR count). The summed E-state index contributed by atoms with van der Waals surface area (Å²) >= 11 is 0. The molecule has 1 aromatic carbocycles. The van der Waals surface area contributed by atoms with E-state index < -0.39 is 11.9 Å². The molecule has 0 saturated heterocycles. The molecule has 1 unspecified atom stereocenters. The van der Waals surface area contributed by atoms with E-state index in [0.29, 0.717) is 5.69 Å². The van der Waals surface area contributed by atoms with Gasteiger partial charge in [0.05, 0.1) is 12.3 Å². The standard InChI is InChI=1S/C14H18N2O4/c1-9(14(19)20)8-15-13(18)7-11-3-5-12(6-4-11)16-10(2)17/h3-6,9H,7-8H2,1-2H3,(H,15,18)(H,16,17)(H,19,20). The maximum Gasteiger partial charge on any atom is 0.308 e. The molecule has 6 heteroatoms. The molecule has 0 radical (unpaired) electrons. The Kier molecular flexibility index (Phi) is 5.71.